The van der Waals surface area contributed by atoms with Crippen LogP contribution in [-0.4, -0.2) is 17.8 Å². The van der Waals surface area contributed by atoms with E-state index in [1.807, 2.05) is 0 Å². The van der Waals surface area contributed by atoms with Crippen LogP contribution in [0.25, 0.3) is 0 Å². The second-order valence-electron chi connectivity index (χ2n) is 4.84. The van der Waals surface area contributed by atoms with Gasteiger partial charge in [-0.1, -0.05) is 0 Å². The molecule has 6 nitrogen and oxygen atoms in total. The highest BCUT2D eigenvalue weighted by atomic mass is 19.1. The predicted molar refractivity (Wildman–Crippen MR) is 67.1 cm³/mol. The third-order valence-electron chi connectivity index (χ3n) is 1.86. The summed E-state index contributed by atoms with van der Waals surface area (Å²) in [6.07, 6.45) is -2.66. The summed E-state index contributed by atoms with van der Waals surface area (Å²) in [7, 11) is 0. The first-order chi connectivity index (χ1) is 9.08. The molecule has 0 fully saturated rings. The molecule has 0 radical (unpaired) electrons. The Morgan fingerprint density at radius 1 is 1.20 bits per heavy atom. The molecule has 0 aliphatic rings. The van der Waals surface area contributed by atoms with Crippen LogP contribution < -0.4 is 11.1 Å². The number of nitrogen functional groups attached to an aromatic ring is 1. The van der Waals surface area contributed by atoms with E-state index in [1.54, 1.807) is 26.1 Å². The molecule has 3 N–H and O–H groups in total. The largest absolute Gasteiger partial charge is 0.517 e. The smallest absolute Gasteiger partial charge is 0.428 e. The lowest BCUT2D eigenvalue weighted by Gasteiger charge is -2.18. The van der Waals surface area contributed by atoms with E-state index in [9.17, 15) is 18.4 Å². The molecule has 110 valence electrons. The standard InChI is InChI=1S/C12H14F2N2O4/c1-12(2,3)20-11(18)19-10(17)16-9-7(13)4-6(15)5-8(9)14/h4-5H,15H2,1-3H3,(H,16,17). The highest BCUT2D eigenvalue weighted by molar-refractivity contribution is 5.91. The first kappa shape index (κ1) is 15.7. The van der Waals surface area contributed by atoms with Crippen LogP contribution in [-0.2, 0) is 9.47 Å². The molecule has 0 aliphatic carbocycles. The van der Waals surface area contributed by atoms with Gasteiger partial charge >= 0.3 is 12.2 Å². The van der Waals surface area contributed by atoms with E-state index in [2.05, 4.69) is 4.74 Å². The van der Waals surface area contributed by atoms with Gasteiger partial charge in [0.05, 0.1) is 0 Å². The van der Waals surface area contributed by atoms with Gasteiger partial charge < -0.3 is 15.2 Å². The molecule has 1 rings (SSSR count). The van der Waals surface area contributed by atoms with Crippen LogP contribution in [0.1, 0.15) is 20.8 Å². The number of hydrogen-bond acceptors (Lipinski definition) is 5. The lowest BCUT2D eigenvalue weighted by atomic mass is 10.2. The lowest BCUT2D eigenvalue weighted by Crippen LogP contribution is -2.28. The fraction of sp³-hybridized carbons (Fsp3) is 0.333. The number of halogens is 2. The van der Waals surface area contributed by atoms with Gasteiger partial charge in [-0.15, -0.1) is 0 Å². The topological polar surface area (TPSA) is 90.6 Å². The van der Waals surface area contributed by atoms with E-state index in [0.717, 1.165) is 12.1 Å². The van der Waals surface area contributed by atoms with E-state index in [0.29, 0.717) is 0 Å². The average molecular weight is 288 g/mol. The van der Waals surface area contributed by atoms with Crippen LogP contribution in [0.3, 0.4) is 0 Å². The zero-order valence-corrected chi connectivity index (χ0v) is 11.1. The first-order valence-electron chi connectivity index (χ1n) is 5.55. The first-order valence-corrected chi connectivity index (χ1v) is 5.55. The van der Waals surface area contributed by atoms with Crippen molar-refractivity contribution in [1.29, 1.82) is 0 Å². The van der Waals surface area contributed by atoms with Crippen LogP contribution in [0.2, 0.25) is 0 Å². The Kier molecular flexibility index (Phi) is 4.49. The summed E-state index contributed by atoms with van der Waals surface area (Å²) in [6.45, 7) is 4.68. The number of rotatable bonds is 1. The molecule has 0 heterocycles. The summed E-state index contributed by atoms with van der Waals surface area (Å²) in [5.74, 6) is -2.19. The van der Waals surface area contributed by atoms with Crippen LogP contribution >= 0.6 is 0 Å². The molecule has 0 saturated carbocycles. The highest BCUT2D eigenvalue weighted by Gasteiger charge is 2.22. The molecule has 1 aromatic rings. The number of carbonyl (C=O) groups is 2. The van der Waals surface area contributed by atoms with Crippen molar-refractivity contribution in [3.63, 3.8) is 0 Å². The SMILES string of the molecule is CC(C)(C)OC(=O)OC(=O)Nc1c(F)cc(N)cc1F. The second-order valence-corrected chi connectivity index (χ2v) is 4.84. The van der Waals surface area contributed by atoms with Crippen molar-refractivity contribution in [2.75, 3.05) is 11.1 Å². The van der Waals surface area contributed by atoms with Crippen molar-refractivity contribution in [3.05, 3.63) is 23.8 Å². The van der Waals surface area contributed by atoms with Crippen molar-refractivity contribution < 1.29 is 27.8 Å². The Morgan fingerprint density at radius 2 is 1.70 bits per heavy atom. The number of anilines is 2. The third-order valence-corrected chi connectivity index (χ3v) is 1.86. The summed E-state index contributed by atoms with van der Waals surface area (Å²) in [5.41, 5.74) is 3.43. The fourth-order valence-corrected chi connectivity index (χ4v) is 1.19. The summed E-state index contributed by atoms with van der Waals surface area (Å²) >= 11 is 0. The lowest BCUT2D eigenvalue weighted by molar-refractivity contribution is 0.0111. The number of benzene rings is 1. The van der Waals surface area contributed by atoms with E-state index in [1.165, 1.54) is 0 Å². The maximum Gasteiger partial charge on any atom is 0.517 e. The van der Waals surface area contributed by atoms with Crippen molar-refractivity contribution in [3.8, 4) is 0 Å². The Bertz CT molecular complexity index is 518. The van der Waals surface area contributed by atoms with Gasteiger partial charge in [-0.05, 0) is 32.9 Å². The van der Waals surface area contributed by atoms with Gasteiger partial charge in [-0.3, -0.25) is 5.32 Å². The summed E-state index contributed by atoms with van der Waals surface area (Å²) in [4.78, 5) is 22.5. The van der Waals surface area contributed by atoms with Crippen LogP contribution in [0.15, 0.2) is 12.1 Å². The van der Waals surface area contributed by atoms with E-state index in [-0.39, 0.29) is 5.69 Å². The molecular formula is C12H14F2N2O4. The van der Waals surface area contributed by atoms with Gasteiger partial charge in [0.2, 0.25) is 0 Å². The van der Waals surface area contributed by atoms with Gasteiger partial charge in [0, 0.05) is 5.69 Å². The summed E-state index contributed by atoms with van der Waals surface area (Å²) in [5, 5.41) is 1.75. The van der Waals surface area contributed by atoms with Crippen LogP contribution in [0.5, 0.6) is 0 Å². The number of amides is 1. The number of ether oxygens (including phenoxy) is 2. The van der Waals surface area contributed by atoms with Crippen molar-refractivity contribution in [1.82, 2.24) is 0 Å². The minimum absolute atomic E-state index is 0.147. The zero-order valence-electron chi connectivity index (χ0n) is 11.1. The van der Waals surface area contributed by atoms with Crippen molar-refractivity contribution >= 4 is 23.6 Å². The molecule has 0 saturated heterocycles. The molecule has 0 atom stereocenters. The minimum Gasteiger partial charge on any atom is -0.428 e. The molecule has 1 amide bonds. The highest BCUT2D eigenvalue weighted by Crippen LogP contribution is 2.22. The third kappa shape index (κ3) is 4.71. The van der Waals surface area contributed by atoms with Gasteiger partial charge in [0.25, 0.3) is 0 Å². The normalized spacial score (nSPS) is 10.8. The van der Waals surface area contributed by atoms with E-state index >= 15 is 0 Å². The number of carbonyl (C=O) groups excluding carboxylic acids is 2. The molecule has 0 unspecified atom stereocenters. The van der Waals surface area contributed by atoms with E-state index in [4.69, 9.17) is 10.5 Å². The summed E-state index contributed by atoms with van der Waals surface area (Å²) in [6, 6.07) is 1.62. The van der Waals surface area contributed by atoms with Crippen LogP contribution in [0, 0.1) is 11.6 Å². The molecule has 0 aromatic heterocycles. The average Bonchev–Trinajstić information content (AvgIpc) is 2.20. The Hall–Kier alpha value is -2.38. The Labute approximate surface area is 113 Å². The van der Waals surface area contributed by atoms with Crippen LogP contribution in [0.4, 0.5) is 29.7 Å². The second kappa shape index (κ2) is 5.72. The molecular weight excluding hydrogens is 274 g/mol. The van der Waals surface area contributed by atoms with Crippen molar-refractivity contribution in [2.24, 2.45) is 0 Å². The predicted octanol–water partition coefficient (Wildman–Crippen LogP) is 3.03. The molecule has 1 aromatic carbocycles. The Balaban J connectivity index is 2.70. The molecule has 0 bridgehead atoms. The van der Waals surface area contributed by atoms with E-state index < -0.39 is 35.2 Å². The monoisotopic (exact) mass is 288 g/mol. The zero-order chi connectivity index (χ0) is 15.5. The van der Waals surface area contributed by atoms with Gasteiger partial charge in [0.15, 0.2) is 11.6 Å². The molecule has 0 aliphatic heterocycles. The summed E-state index contributed by atoms with van der Waals surface area (Å²) < 4.78 is 35.6. The number of nitrogens with two attached hydrogens (primary N) is 1. The Morgan fingerprint density at radius 3 is 2.15 bits per heavy atom. The maximum absolute atomic E-state index is 13.4. The quantitative estimate of drug-likeness (QED) is 0.471. The molecule has 20 heavy (non-hydrogen) atoms. The van der Waals surface area contributed by atoms with Crippen molar-refractivity contribution in [2.45, 2.75) is 26.4 Å². The molecule has 0 spiro atoms. The minimum atomic E-state index is -1.37. The number of hydrogen-bond donors (Lipinski definition) is 2. The fourth-order valence-electron chi connectivity index (χ4n) is 1.19. The molecule has 8 heteroatoms. The van der Waals surface area contributed by atoms with Gasteiger partial charge in [-0.25, -0.2) is 18.4 Å². The maximum atomic E-state index is 13.4. The van der Waals surface area contributed by atoms with Gasteiger partial charge in [-0.2, -0.15) is 0 Å². The van der Waals surface area contributed by atoms with Gasteiger partial charge in [0.1, 0.15) is 11.3 Å². The number of nitrogens with one attached hydrogen (secondary N) is 1.